The van der Waals surface area contributed by atoms with Gasteiger partial charge >= 0.3 is 0 Å². The molecule has 4 rings (SSSR count). The molecule has 0 fully saturated rings. The van der Waals surface area contributed by atoms with Gasteiger partial charge in [0.05, 0.1) is 31.0 Å². The van der Waals surface area contributed by atoms with Gasteiger partial charge in [-0.05, 0) is 35.9 Å². The van der Waals surface area contributed by atoms with Crippen LogP contribution < -0.4 is 4.74 Å². The van der Waals surface area contributed by atoms with E-state index in [1.807, 2.05) is 24.3 Å². The zero-order chi connectivity index (χ0) is 19.5. The summed E-state index contributed by atoms with van der Waals surface area (Å²) >= 11 is 0. The van der Waals surface area contributed by atoms with Gasteiger partial charge < -0.3 is 9.64 Å². The van der Waals surface area contributed by atoms with E-state index < -0.39 is 0 Å². The molecular weight excluding hydrogens is 352 g/mol. The molecule has 6 nitrogen and oxygen atoms in total. The minimum atomic E-state index is -0.105. The van der Waals surface area contributed by atoms with Gasteiger partial charge in [-0.1, -0.05) is 18.2 Å². The molecule has 0 bridgehead atoms. The van der Waals surface area contributed by atoms with Gasteiger partial charge in [0.25, 0.3) is 5.91 Å². The Kier molecular flexibility index (Phi) is 4.73. The molecule has 6 heteroatoms. The first-order chi connectivity index (χ1) is 13.7. The highest BCUT2D eigenvalue weighted by atomic mass is 16.5. The van der Waals surface area contributed by atoms with Crippen LogP contribution in [0.25, 0.3) is 0 Å². The Morgan fingerprint density at radius 3 is 2.79 bits per heavy atom. The number of ether oxygens (including phenoxy) is 1. The van der Waals surface area contributed by atoms with Gasteiger partial charge in [0.2, 0.25) is 0 Å². The Bertz CT molecular complexity index is 1070. The second-order valence-electron chi connectivity index (χ2n) is 6.64. The molecule has 0 spiro atoms. The van der Waals surface area contributed by atoms with E-state index >= 15 is 0 Å². The van der Waals surface area contributed by atoms with Crippen molar-refractivity contribution in [3.8, 4) is 11.8 Å². The average molecular weight is 370 g/mol. The lowest BCUT2D eigenvalue weighted by molar-refractivity contribution is 0.0750. The summed E-state index contributed by atoms with van der Waals surface area (Å²) in [7, 11) is 1.64. The van der Waals surface area contributed by atoms with E-state index in [0.29, 0.717) is 30.6 Å². The molecule has 0 unspecified atom stereocenters. The number of nitriles is 1. The number of hydrogen-bond acceptors (Lipinski definition) is 5. The van der Waals surface area contributed by atoms with Crippen LogP contribution >= 0.6 is 0 Å². The van der Waals surface area contributed by atoms with Crippen LogP contribution in [-0.2, 0) is 19.5 Å². The van der Waals surface area contributed by atoms with Gasteiger partial charge in [0.15, 0.2) is 0 Å². The lowest BCUT2D eigenvalue weighted by atomic mass is 10.1. The van der Waals surface area contributed by atoms with E-state index in [2.05, 4.69) is 16.0 Å². The molecule has 1 aliphatic rings. The Hall–Kier alpha value is -3.72. The number of fused-ring (bicyclic) bond motifs is 1. The first-order valence-electron chi connectivity index (χ1n) is 8.92. The second-order valence-corrected chi connectivity index (χ2v) is 6.64. The molecule has 1 amide bonds. The highest BCUT2D eigenvalue weighted by molar-refractivity contribution is 5.94. The number of aromatic nitrogens is 2. The number of carbonyl (C=O) groups excluding carboxylic acids is 1. The van der Waals surface area contributed by atoms with E-state index in [4.69, 9.17) is 10.00 Å². The Labute approximate surface area is 163 Å². The van der Waals surface area contributed by atoms with Crippen molar-refractivity contribution in [3.63, 3.8) is 0 Å². The number of nitrogens with zero attached hydrogens (tertiary/aromatic N) is 4. The van der Waals surface area contributed by atoms with Gasteiger partial charge in [0, 0.05) is 30.3 Å². The molecular formula is C22H18N4O2. The Morgan fingerprint density at radius 2 is 2.04 bits per heavy atom. The van der Waals surface area contributed by atoms with Crippen molar-refractivity contribution in [2.24, 2.45) is 0 Å². The smallest absolute Gasteiger partial charge is 0.254 e. The van der Waals surface area contributed by atoms with Crippen LogP contribution in [0.2, 0.25) is 0 Å². The molecule has 0 aliphatic carbocycles. The Morgan fingerprint density at radius 1 is 1.21 bits per heavy atom. The fraction of sp³-hybridized carbons (Fsp3) is 0.182. The molecule has 0 N–H and O–H groups in total. The molecule has 0 atom stereocenters. The minimum Gasteiger partial charge on any atom is -0.497 e. The largest absolute Gasteiger partial charge is 0.497 e. The van der Waals surface area contributed by atoms with E-state index in [1.54, 1.807) is 42.5 Å². The van der Waals surface area contributed by atoms with E-state index in [9.17, 15) is 4.79 Å². The van der Waals surface area contributed by atoms with Crippen LogP contribution in [0.5, 0.6) is 5.75 Å². The number of hydrogen-bond donors (Lipinski definition) is 0. The topological polar surface area (TPSA) is 79.1 Å². The molecule has 0 saturated carbocycles. The van der Waals surface area contributed by atoms with Gasteiger partial charge in [-0.3, -0.25) is 4.79 Å². The predicted octanol–water partition coefficient (Wildman–Crippen LogP) is 3.10. The monoisotopic (exact) mass is 370 g/mol. The number of benzene rings is 2. The summed E-state index contributed by atoms with van der Waals surface area (Å²) in [4.78, 5) is 23.6. The van der Waals surface area contributed by atoms with Crippen molar-refractivity contribution < 1.29 is 9.53 Å². The third-order valence-electron chi connectivity index (χ3n) is 4.75. The van der Waals surface area contributed by atoms with E-state index in [-0.39, 0.29) is 5.91 Å². The van der Waals surface area contributed by atoms with Crippen molar-refractivity contribution in [1.82, 2.24) is 14.9 Å². The number of amides is 1. The lowest BCUT2D eigenvalue weighted by Crippen LogP contribution is -2.25. The molecule has 138 valence electrons. The summed E-state index contributed by atoms with van der Waals surface area (Å²) < 4.78 is 5.18. The third kappa shape index (κ3) is 3.55. The summed E-state index contributed by atoms with van der Waals surface area (Å²) in [6, 6.07) is 16.6. The van der Waals surface area contributed by atoms with Crippen molar-refractivity contribution in [2.75, 3.05) is 7.11 Å². The molecule has 3 aromatic rings. The maximum Gasteiger partial charge on any atom is 0.254 e. The van der Waals surface area contributed by atoms with Gasteiger partial charge in [0.1, 0.15) is 11.6 Å². The van der Waals surface area contributed by atoms with Crippen molar-refractivity contribution >= 4 is 5.91 Å². The maximum atomic E-state index is 12.8. The van der Waals surface area contributed by atoms with Crippen LogP contribution in [0.1, 0.15) is 38.6 Å². The van der Waals surface area contributed by atoms with Crippen molar-refractivity contribution in [3.05, 3.63) is 88.5 Å². The summed E-state index contributed by atoms with van der Waals surface area (Å²) in [5.41, 5.74) is 3.92. The fourth-order valence-corrected chi connectivity index (χ4v) is 3.25. The molecule has 1 aliphatic heterocycles. The number of carbonyl (C=O) groups is 1. The van der Waals surface area contributed by atoms with Gasteiger partial charge in [-0.2, -0.15) is 5.26 Å². The molecule has 28 heavy (non-hydrogen) atoms. The number of rotatable bonds is 4. The number of methoxy groups -OCH3 is 1. The SMILES string of the molecule is COc1ccc(Cc2ncc3c(n2)CN(C(=O)c2cccc(C#N)c2)C3)cc1. The summed E-state index contributed by atoms with van der Waals surface area (Å²) in [5.74, 6) is 1.43. The quantitative estimate of drug-likeness (QED) is 0.705. The van der Waals surface area contributed by atoms with Crippen LogP contribution in [0.4, 0.5) is 0 Å². The summed E-state index contributed by atoms with van der Waals surface area (Å²) in [6.07, 6.45) is 2.43. The molecule has 2 aromatic carbocycles. The molecule has 0 radical (unpaired) electrons. The zero-order valence-electron chi connectivity index (χ0n) is 15.4. The maximum absolute atomic E-state index is 12.8. The summed E-state index contributed by atoms with van der Waals surface area (Å²) in [5, 5.41) is 9.03. The molecule has 2 heterocycles. The highest BCUT2D eigenvalue weighted by Crippen LogP contribution is 2.23. The van der Waals surface area contributed by atoms with Gasteiger partial charge in [-0.25, -0.2) is 9.97 Å². The lowest BCUT2D eigenvalue weighted by Gasteiger charge is -2.15. The first-order valence-corrected chi connectivity index (χ1v) is 8.92. The van der Waals surface area contributed by atoms with Gasteiger partial charge in [-0.15, -0.1) is 0 Å². The van der Waals surface area contributed by atoms with Crippen LogP contribution in [0.3, 0.4) is 0 Å². The first kappa shape index (κ1) is 17.7. The third-order valence-corrected chi connectivity index (χ3v) is 4.75. The standard InChI is InChI=1S/C22H18N4O2/c1-28-19-7-5-15(6-8-19)10-21-24-12-18-13-26(14-20(18)25-21)22(27)17-4-2-3-16(9-17)11-23/h2-9,12H,10,13-14H2,1H3. The fourth-order valence-electron chi connectivity index (χ4n) is 3.25. The highest BCUT2D eigenvalue weighted by Gasteiger charge is 2.26. The zero-order valence-corrected chi connectivity index (χ0v) is 15.4. The van der Waals surface area contributed by atoms with E-state index in [1.165, 1.54) is 0 Å². The van der Waals surface area contributed by atoms with Crippen LogP contribution in [-0.4, -0.2) is 27.9 Å². The predicted molar refractivity (Wildman–Crippen MR) is 103 cm³/mol. The normalized spacial score (nSPS) is 12.4. The Balaban J connectivity index is 1.49. The van der Waals surface area contributed by atoms with Crippen LogP contribution in [0.15, 0.2) is 54.7 Å². The van der Waals surface area contributed by atoms with Crippen molar-refractivity contribution in [1.29, 1.82) is 5.26 Å². The minimum absolute atomic E-state index is 0.105. The molecule has 1 aromatic heterocycles. The van der Waals surface area contributed by atoms with Crippen molar-refractivity contribution in [2.45, 2.75) is 19.5 Å². The van der Waals surface area contributed by atoms with Crippen LogP contribution in [0, 0.1) is 11.3 Å². The second kappa shape index (κ2) is 7.49. The van der Waals surface area contributed by atoms with E-state index in [0.717, 1.165) is 28.4 Å². The average Bonchev–Trinajstić information content (AvgIpc) is 3.17. The summed E-state index contributed by atoms with van der Waals surface area (Å²) in [6.45, 7) is 0.927. The molecule has 0 saturated heterocycles.